The van der Waals surface area contributed by atoms with Crippen LogP contribution in [0.4, 0.5) is 11.6 Å². The molecule has 8 heteroatoms. The third-order valence-electron chi connectivity index (χ3n) is 2.80. The van der Waals surface area contributed by atoms with Crippen LogP contribution in [0.15, 0.2) is 12.7 Å². The predicted molar refractivity (Wildman–Crippen MR) is 72.2 cm³/mol. The Kier molecular flexibility index (Phi) is 4.24. The summed E-state index contributed by atoms with van der Waals surface area (Å²) in [4.78, 5) is 8.38. The van der Waals surface area contributed by atoms with E-state index in [0.29, 0.717) is 12.4 Å². The quantitative estimate of drug-likeness (QED) is 0.512. The van der Waals surface area contributed by atoms with Crippen molar-refractivity contribution in [2.45, 2.75) is 26.3 Å². The van der Waals surface area contributed by atoms with Gasteiger partial charge in [0, 0.05) is 12.6 Å². The van der Waals surface area contributed by atoms with E-state index in [9.17, 15) is 0 Å². The van der Waals surface area contributed by atoms with Crippen molar-refractivity contribution in [2.24, 2.45) is 12.9 Å². The highest BCUT2D eigenvalue weighted by atomic mass is 15.3. The molecular formula is C11H18N8. The summed E-state index contributed by atoms with van der Waals surface area (Å²) in [7, 11) is 1.90. The zero-order valence-corrected chi connectivity index (χ0v) is 11.1. The van der Waals surface area contributed by atoms with Crippen LogP contribution in [0.2, 0.25) is 0 Å². The normalized spacial score (nSPS) is 10.5. The molecular weight excluding hydrogens is 244 g/mol. The van der Waals surface area contributed by atoms with Gasteiger partial charge in [0.05, 0.1) is 6.54 Å². The highest BCUT2D eigenvalue weighted by molar-refractivity contribution is 5.56. The number of aryl methyl sites for hydroxylation is 1. The first-order valence-corrected chi connectivity index (χ1v) is 6.13. The van der Waals surface area contributed by atoms with Crippen LogP contribution in [0.3, 0.4) is 0 Å². The number of hydrazine groups is 1. The second kappa shape index (κ2) is 6.10. The van der Waals surface area contributed by atoms with Gasteiger partial charge < -0.3 is 15.3 Å². The molecule has 2 heterocycles. The van der Waals surface area contributed by atoms with E-state index in [2.05, 4.69) is 37.8 Å². The van der Waals surface area contributed by atoms with Crippen LogP contribution >= 0.6 is 0 Å². The summed E-state index contributed by atoms with van der Waals surface area (Å²) in [5.74, 6) is 7.73. The van der Waals surface area contributed by atoms with Crippen LogP contribution in [0.25, 0.3) is 0 Å². The molecule has 102 valence electrons. The number of nitrogens with one attached hydrogen (secondary N) is 2. The van der Waals surface area contributed by atoms with Gasteiger partial charge >= 0.3 is 0 Å². The van der Waals surface area contributed by atoms with Crippen LogP contribution < -0.4 is 16.6 Å². The topological polar surface area (TPSA) is 107 Å². The number of rotatable bonds is 6. The van der Waals surface area contributed by atoms with Crippen molar-refractivity contribution in [1.82, 2.24) is 24.7 Å². The zero-order chi connectivity index (χ0) is 13.7. The Bertz CT molecular complexity index is 535. The van der Waals surface area contributed by atoms with Crippen molar-refractivity contribution in [3.8, 4) is 0 Å². The molecule has 0 aliphatic heterocycles. The van der Waals surface area contributed by atoms with Gasteiger partial charge in [-0.05, 0) is 6.42 Å². The minimum atomic E-state index is 0.550. The van der Waals surface area contributed by atoms with E-state index < -0.39 is 0 Å². The number of nitrogen functional groups attached to an aromatic ring is 1. The van der Waals surface area contributed by atoms with E-state index >= 15 is 0 Å². The smallest absolute Gasteiger partial charge is 0.151 e. The molecule has 0 bridgehead atoms. The van der Waals surface area contributed by atoms with Crippen LogP contribution in [0, 0.1) is 0 Å². The molecule has 0 unspecified atom stereocenters. The lowest BCUT2D eigenvalue weighted by Crippen LogP contribution is -2.15. The first kappa shape index (κ1) is 13.2. The van der Waals surface area contributed by atoms with Gasteiger partial charge in [-0.3, -0.25) is 0 Å². The second-order valence-electron chi connectivity index (χ2n) is 4.16. The van der Waals surface area contributed by atoms with E-state index in [1.54, 1.807) is 6.33 Å². The monoisotopic (exact) mass is 262 g/mol. The molecule has 2 aromatic rings. The average Bonchev–Trinajstić information content (AvgIpc) is 2.83. The molecule has 19 heavy (non-hydrogen) atoms. The van der Waals surface area contributed by atoms with E-state index in [1.807, 2.05) is 11.6 Å². The Hall–Kier alpha value is -2.22. The lowest BCUT2D eigenvalue weighted by atomic mass is 10.1. The molecule has 2 rings (SSSR count). The SMILES string of the molecule is CCCc1c(NN)ncnc1NCc1nncn1C. The van der Waals surface area contributed by atoms with Crippen molar-refractivity contribution in [1.29, 1.82) is 0 Å². The number of nitrogens with two attached hydrogens (primary N) is 1. The summed E-state index contributed by atoms with van der Waals surface area (Å²) in [6.07, 6.45) is 4.98. The number of hydrogen-bond donors (Lipinski definition) is 3. The minimum Gasteiger partial charge on any atom is -0.362 e. The van der Waals surface area contributed by atoms with Crippen molar-refractivity contribution in [3.63, 3.8) is 0 Å². The highest BCUT2D eigenvalue weighted by Gasteiger charge is 2.10. The summed E-state index contributed by atoms with van der Waals surface area (Å²) >= 11 is 0. The third-order valence-corrected chi connectivity index (χ3v) is 2.80. The van der Waals surface area contributed by atoms with E-state index in [4.69, 9.17) is 5.84 Å². The molecule has 0 atom stereocenters. The zero-order valence-electron chi connectivity index (χ0n) is 11.1. The Morgan fingerprint density at radius 3 is 2.74 bits per heavy atom. The molecule has 0 radical (unpaired) electrons. The maximum Gasteiger partial charge on any atom is 0.151 e. The Balaban J connectivity index is 2.17. The maximum absolute atomic E-state index is 5.47. The van der Waals surface area contributed by atoms with Crippen LogP contribution in [0.5, 0.6) is 0 Å². The van der Waals surface area contributed by atoms with Gasteiger partial charge in [0.2, 0.25) is 0 Å². The maximum atomic E-state index is 5.47. The summed E-state index contributed by atoms with van der Waals surface area (Å²) in [6, 6.07) is 0. The molecule has 8 nitrogen and oxygen atoms in total. The lowest BCUT2D eigenvalue weighted by Gasteiger charge is -2.13. The Labute approximate surface area is 111 Å². The molecule has 0 aliphatic carbocycles. The molecule has 0 aliphatic rings. The van der Waals surface area contributed by atoms with E-state index in [-0.39, 0.29) is 0 Å². The highest BCUT2D eigenvalue weighted by Crippen LogP contribution is 2.21. The second-order valence-corrected chi connectivity index (χ2v) is 4.16. The van der Waals surface area contributed by atoms with Crippen molar-refractivity contribution in [2.75, 3.05) is 10.7 Å². The van der Waals surface area contributed by atoms with Gasteiger partial charge in [0.15, 0.2) is 5.82 Å². The van der Waals surface area contributed by atoms with Crippen LogP contribution in [-0.4, -0.2) is 24.7 Å². The van der Waals surface area contributed by atoms with Gasteiger partial charge in [-0.15, -0.1) is 10.2 Å². The van der Waals surface area contributed by atoms with Crippen LogP contribution in [-0.2, 0) is 20.0 Å². The lowest BCUT2D eigenvalue weighted by molar-refractivity contribution is 0.806. The van der Waals surface area contributed by atoms with E-state index in [0.717, 1.165) is 30.0 Å². The molecule has 0 saturated carbocycles. The summed E-state index contributed by atoms with van der Waals surface area (Å²) in [5, 5.41) is 11.1. The van der Waals surface area contributed by atoms with Gasteiger partial charge in [-0.1, -0.05) is 13.3 Å². The largest absolute Gasteiger partial charge is 0.362 e. The van der Waals surface area contributed by atoms with Crippen molar-refractivity contribution in [3.05, 3.63) is 24.0 Å². The first-order chi connectivity index (χ1) is 9.26. The van der Waals surface area contributed by atoms with Crippen molar-refractivity contribution >= 4 is 11.6 Å². The fourth-order valence-corrected chi connectivity index (χ4v) is 1.81. The molecule has 0 spiro atoms. The van der Waals surface area contributed by atoms with Gasteiger partial charge in [0.1, 0.15) is 24.3 Å². The Morgan fingerprint density at radius 2 is 2.11 bits per heavy atom. The standard InChI is InChI=1S/C11H18N8/c1-3-4-8-10(14-6-15-11(8)17-12)13-5-9-18-16-7-19(9)2/h6-7H,3-5,12H2,1-2H3,(H2,13,14,15,17). The summed E-state index contributed by atoms with van der Waals surface area (Å²) in [6.45, 7) is 2.65. The van der Waals surface area contributed by atoms with Gasteiger partial charge in [-0.2, -0.15) is 0 Å². The molecule has 0 fully saturated rings. The number of nitrogens with zero attached hydrogens (tertiary/aromatic N) is 5. The third kappa shape index (κ3) is 2.97. The van der Waals surface area contributed by atoms with E-state index in [1.165, 1.54) is 6.33 Å². The van der Waals surface area contributed by atoms with Crippen LogP contribution in [0.1, 0.15) is 24.7 Å². The molecule has 0 amide bonds. The fourth-order valence-electron chi connectivity index (χ4n) is 1.81. The molecule has 0 aromatic carbocycles. The van der Waals surface area contributed by atoms with Gasteiger partial charge in [-0.25, -0.2) is 15.8 Å². The Morgan fingerprint density at radius 1 is 1.32 bits per heavy atom. The predicted octanol–water partition coefficient (Wildman–Crippen LogP) is 0.455. The molecule has 4 N–H and O–H groups in total. The fraction of sp³-hybridized carbons (Fsp3) is 0.455. The molecule has 2 aromatic heterocycles. The number of aromatic nitrogens is 5. The molecule has 0 saturated heterocycles. The average molecular weight is 262 g/mol. The minimum absolute atomic E-state index is 0.550. The summed E-state index contributed by atoms with van der Waals surface area (Å²) in [5.41, 5.74) is 3.58. The van der Waals surface area contributed by atoms with Crippen molar-refractivity contribution < 1.29 is 0 Å². The van der Waals surface area contributed by atoms with Gasteiger partial charge in [0.25, 0.3) is 0 Å². The number of hydrogen-bond acceptors (Lipinski definition) is 7. The number of anilines is 2. The first-order valence-electron chi connectivity index (χ1n) is 6.13. The summed E-state index contributed by atoms with van der Waals surface area (Å²) < 4.78 is 1.86.